The van der Waals surface area contributed by atoms with Gasteiger partial charge in [-0.05, 0) is 52.1 Å². The van der Waals surface area contributed by atoms with Crippen LogP contribution in [0.25, 0.3) is 0 Å². The van der Waals surface area contributed by atoms with Crippen molar-refractivity contribution in [3.8, 4) is 0 Å². The van der Waals surface area contributed by atoms with Gasteiger partial charge in [0.15, 0.2) is 0 Å². The quantitative estimate of drug-likeness (QED) is 0.580. The summed E-state index contributed by atoms with van der Waals surface area (Å²) in [5, 5.41) is 5.92. The van der Waals surface area contributed by atoms with Crippen molar-refractivity contribution < 1.29 is 9.59 Å². The van der Waals surface area contributed by atoms with Gasteiger partial charge in [-0.1, -0.05) is 56.3 Å². The van der Waals surface area contributed by atoms with Gasteiger partial charge < -0.3 is 10.6 Å². The minimum atomic E-state index is -0.571. The molecule has 2 rings (SSSR count). The third-order valence-electron chi connectivity index (χ3n) is 4.61. The van der Waals surface area contributed by atoms with E-state index in [1.165, 1.54) is 0 Å². The smallest absolute Gasteiger partial charge is 0.253 e. The lowest BCUT2D eigenvalue weighted by Crippen LogP contribution is -2.49. The number of rotatable bonds is 9. The Balaban J connectivity index is 2.04. The summed E-state index contributed by atoms with van der Waals surface area (Å²) in [7, 11) is 0. The number of benzene rings is 2. The van der Waals surface area contributed by atoms with Crippen molar-refractivity contribution in [2.75, 3.05) is 18.6 Å². The van der Waals surface area contributed by atoms with Crippen molar-refractivity contribution in [2.24, 2.45) is 0 Å². The van der Waals surface area contributed by atoms with Crippen molar-refractivity contribution in [1.82, 2.24) is 10.6 Å². The Morgan fingerprint density at radius 2 is 1.71 bits per heavy atom. The van der Waals surface area contributed by atoms with Crippen LogP contribution in [0.4, 0.5) is 0 Å². The first-order chi connectivity index (χ1) is 13.3. The second-order valence-corrected chi connectivity index (χ2v) is 9.10. The molecule has 1 unspecified atom stereocenters. The normalized spacial score (nSPS) is 12.3. The molecule has 150 valence electrons. The van der Waals surface area contributed by atoms with Crippen LogP contribution in [0.2, 0.25) is 0 Å². The largest absolute Gasteiger partial charge is 0.353 e. The Labute approximate surface area is 180 Å². The fraction of sp³-hybridized carbons (Fsp3) is 0.364. The topological polar surface area (TPSA) is 58.2 Å². The number of nitrogens with one attached hydrogen (secondary N) is 2. The van der Waals surface area contributed by atoms with Gasteiger partial charge in [-0.15, -0.1) is 0 Å². The Hall–Kier alpha value is -1.79. The van der Waals surface area contributed by atoms with Crippen molar-refractivity contribution in [1.29, 1.82) is 0 Å². The molecule has 0 aliphatic heterocycles. The van der Waals surface area contributed by atoms with Crippen LogP contribution >= 0.6 is 27.7 Å². The highest BCUT2D eigenvalue weighted by Crippen LogP contribution is 2.22. The molecule has 2 aromatic rings. The third kappa shape index (κ3) is 6.38. The molecule has 4 nitrogen and oxygen atoms in total. The van der Waals surface area contributed by atoms with Gasteiger partial charge in [0.2, 0.25) is 5.91 Å². The summed E-state index contributed by atoms with van der Waals surface area (Å²) in [5.41, 5.74) is 1.48. The molecule has 0 radical (unpaired) electrons. The molecule has 0 fully saturated rings. The van der Waals surface area contributed by atoms with E-state index in [0.717, 1.165) is 11.3 Å². The van der Waals surface area contributed by atoms with Gasteiger partial charge in [-0.3, -0.25) is 9.59 Å². The molecule has 0 saturated carbocycles. The van der Waals surface area contributed by atoms with Crippen molar-refractivity contribution in [3.05, 3.63) is 70.2 Å². The SMILES string of the molecule is CSCCC(NC(=O)c1ccccc1Br)C(=O)NCC(C)(C)c1ccccc1. The minimum Gasteiger partial charge on any atom is -0.353 e. The van der Waals surface area contributed by atoms with Crippen molar-refractivity contribution >= 4 is 39.5 Å². The maximum atomic E-state index is 12.8. The van der Waals surface area contributed by atoms with E-state index in [-0.39, 0.29) is 17.2 Å². The Morgan fingerprint density at radius 3 is 2.36 bits per heavy atom. The predicted octanol–water partition coefficient (Wildman–Crippen LogP) is 4.39. The maximum Gasteiger partial charge on any atom is 0.253 e. The van der Waals surface area contributed by atoms with Crippen LogP contribution in [0.15, 0.2) is 59.1 Å². The summed E-state index contributed by atoms with van der Waals surface area (Å²) < 4.78 is 0.710. The number of thioether (sulfide) groups is 1. The third-order valence-corrected chi connectivity index (χ3v) is 5.95. The van der Waals surface area contributed by atoms with Crippen LogP contribution in [0, 0.1) is 0 Å². The Bertz CT molecular complexity index is 796. The zero-order valence-electron chi connectivity index (χ0n) is 16.5. The lowest BCUT2D eigenvalue weighted by molar-refractivity contribution is -0.123. The van der Waals surface area contributed by atoms with Gasteiger partial charge in [0.25, 0.3) is 5.91 Å². The Kier molecular flexibility index (Phi) is 8.58. The molecular weight excluding hydrogens is 436 g/mol. The molecular formula is C22H27BrN2O2S. The molecule has 6 heteroatoms. The lowest BCUT2D eigenvalue weighted by Gasteiger charge is -2.27. The van der Waals surface area contributed by atoms with E-state index in [2.05, 4.69) is 52.5 Å². The molecule has 1 atom stereocenters. The van der Waals surface area contributed by atoms with E-state index in [1.807, 2.05) is 36.6 Å². The van der Waals surface area contributed by atoms with Crippen molar-refractivity contribution in [2.45, 2.75) is 31.7 Å². The van der Waals surface area contributed by atoms with Crippen LogP contribution in [-0.4, -0.2) is 36.4 Å². The highest BCUT2D eigenvalue weighted by atomic mass is 79.9. The fourth-order valence-electron chi connectivity index (χ4n) is 2.81. The second kappa shape index (κ2) is 10.7. The van der Waals surface area contributed by atoms with E-state index in [9.17, 15) is 9.59 Å². The second-order valence-electron chi connectivity index (χ2n) is 7.26. The summed E-state index contributed by atoms with van der Waals surface area (Å²) >= 11 is 5.05. The summed E-state index contributed by atoms with van der Waals surface area (Å²) in [6, 6.07) is 16.7. The molecule has 0 aromatic heterocycles. The number of carbonyl (C=O) groups is 2. The monoisotopic (exact) mass is 462 g/mol. The Morgan fingerprint density at radius 1 is 1.07 bits per heavy atom. The molecule has 2 aromatic carbocycles. The maximum absolute atomic E-state index is 12.8. The van der Waals surface area contributed by atoms with Gasteiger partial charge in [0, 0.05) is 16.4 Å². The van der Waals surface area contributed by atoms with E-state index in [4.69, 9.17) is 0 Å². The number of halogens is 1. The molecule has 0 spiro atoms. The van der Waals surface area contributed by atoms with Gasteiger partial charge in [0.05, 0.1) is 5.56 Å². The standard InChI is InChI=1S/C22H27BrN2O2S/c1-22(2,16-9-5-4-6-10-16)15-24-21(27)19(13-14-28-3)25-20(26)17-11-7-8-12-18(17)23/h4-12,19H,13-15H2,1-3H3,(H,24,27)(H,25,26). The van der Waals surface area contributed by atoms with Gasteiger partial charge in [-0.2, -0.15) is 11.8 Å². The van der Waals surface area contributed by atoms with E-state index in [0.29, 0.717) is 23.0 Å². The molecule has 2 N–H and O–H groups in total. The van der Waals surface area contributed by atoms with Gasteiger partial charge in [-0.25, -0.2) is 0 Å². The molecule has 0 saturated heterocycles. The van der Waals surface area contributed by atoms with E-state index in [1.54, 1.807) is 23.9 Å². The first-order valence-electron chi connectivity index (χ1n) is 9.22. The molecule has 0 bridgehead atoms. The highest BCUT2D eigenvalue weighted by molar-refractivity contribution is 9.10. The zero-order chi connectivity index (χ0) is 20.6. The van der Waals surface area contributed by atoms with Crippen LogP contribution in [0.1, 0.15) is 36.2 Å². The lowest BCUT2D eigenvalue weighted by atomic mass is 9.84. The number of hydrogen-bond acceptors (Lipinski definition) is 3. The summed E-state index contributed by atoms with van der Waals surface area (Å²) in [5.74, 6) is 0.380. The first kappa shape index (κ1) is 22.5. The molecule has 28 heavy (non-hydrogen) atoms. The summed E-state index contributed by atoms with van der Waals surface area (Å²) in [4.78, 5) is 25.5. The van der Waals surface area contributed by atoms with Gasteiger partial charge in [0.1, 0.15) is 6.04 Å². The summed E-state index contributed by atoms with van der Waals surface area (Å²) in [6.45, 7) is 4.69. The average molecular weight is 463 g/mol. The zero-order valence-corrected chi connectivity index (χ0v) is 18.9. The molecule has 0 aliphatic rings. The fourth-order valence-corrected chi connectivity index (χ4v) is 3.74. The van der Waals surface area contributed by atoms with Crippen LogP contribution in [0.3, 0.4) is 0 Å². The van der Waals surface area contributed by atoms with Crippen LogP contribution in [-0.2, 0) is 10.2 Å². The predicted molar refractivity (Wildman–Crippen MR) is 121 cm³/mol. The highest BCUT2D eigenvalue weighted by Gasteiger charge is 2.25. The first-order valence-corrected chi connectivity index (χ1v) is 11.4. The summed E-state index contributed by atoms with van der Waals surface area (Å²) in [6.07, 6.45) is 2.57. The molecule has 0 aliphatic carbocycles. The van der Waals surface area contributed by atoms with E-state index < -0.39 is 6.04 Å². The molecule has 2 amide bonds. The van der Waals surface area contributed by atoms with Gasteiger partial charge >= 0.3 is 0 Å². The van der Waals surface area contributed by atoms with E-state index >= 15 is 0 Å². The van der Waals surface area contributed by atoms with Crippen LogP contribution in [0.5, 0.6) is 0 Å². The molecule has 0 heterocycles. The minimum absolute atomic E-state index is 0.154. The van der Waals surface area contributed by atoms with Crippen molar-refractivity contribution in [3.63, 3.8) is 0 Å². The number of carbonyl (C=O) groups excluding carboxylic acids is 2. The van der Waals surface area contributed by atoms with Crippen LogP contribution < -0.4 is 10.6 Å². The number of hydrogen-bond donors (Lipinski definition) is 2. The average Bonchev–Trinajstić information content (AvgIpc) is 2.70. The number of amides is 2.